The predicted octanol–water partition coefficient (Wildman–Crippen LogP) is 7.12. The van der Waals surface area contributed by atoms with E-state index in [1.165, 1.54) is 44.1 Å². The summed E-state index contributed by atoms with van der Waals surface area (Å²) in [5.74, 6) is 2.99. The maximum Gasteiger partial charge on any atom is 0.266 e. The molecule has 0 radical (unpaired) electrons. The van der Waals surface area contributed by atoms with Gasteiger partial charge in [-0.05, 0) is 123 Å². The predicted molar refractivity (Wildman–Crippen MR) is 150 cm³/mol. The van der Waals surface area contributed by atoms with Crippen molar-refractivity contribution in [1.29, 1.82) is 5.26 Å². The van der Waals surface area contributed by atoms with Gasteiger partial charge in [0.05, 0.1) is 7.11 Å². The van der Waals surface area contributed by atoms with Gasteiger partial charge in [0, 0.05) is 28.8 Å². The highest BCUT2D eigenvalue weighted by molar-refractivity contribution is 6.09. The molecule has 0 saturated heterocycles. The third kappa shape index (κ3) is 4.32. The number of nitrogens with zero attached hydrogens (tertiary/aromatic N) is 2. The summed E-state index contributed by atoms with van der Waals surface area (Å²) in [6, 6.07) is 20.4. The van der Waals surface area contributed by atoms with E-state index >= 15 is 0 Å². The molecule has 4 bridgehead atoms. The van der Waals surface area contributed by atoms with Crippen molar-refractivity contribution in [3.63, 3.8) is 0 Å². The number of carbonyl (C=O) groups is 1. The van der Waals surface area contributed by atoms with Crippen LogP contribution in [-0.4, -0.2) is 17.6 Å². The lowest BCUT2D eigenvalue weighted by Gasteiger charge is -2.57. The lowest BCUT2D eigenvalue weighted by Crippen LogP contribution is -2.48. The first kappa shape index (κ1) is 24.6. The van der Waals surface area contributed by atoms with E-state index < -0.39 is 5.91 Å². The van der Waals surface area contributed by atoms with Crippen LogP contribution in [0.25, 0.3) is 11.8 Å². The largest absolute Gasteiger partial charge is 0.497 e. The third-order valence-corrected chi connectivity index (χ3v) is 9.24. The van der Waals surface area contributed by atoms with Crippen LogP contribution >= 0.6 is 0 Å². The maximum atomic E-state index is 12.9. The minimum atomic E-state index is -0.439. The molecule has 1 amide bonds. The second-order valence-corrected chi connectivity index (χ2v) is 11.8. The van der Waals surface area contributed by atoms with Crippen molar-refractivity contribution in [2.45, 2.75) is 57.8 Å². The highest BCUT2D eigenvalue weighted by Gasteiger charge is 2.51. The first-order chi connectivity index (χ1) is 18.4. The summed E-state index contributed by atoms with van der Waals surface area (Å²) in [6.45, 7) is 4.11. The quantitative estimate of drug-likeness (QED) is 0.287. The van der Waals surface area contributed by atoms with Gasteiger partial charge in [-0.2, -0.15) is 5.26 Å². The molecule has 2 aromatic carbocycles. The topological polar surface area (TPSA) is 67.0 Å². The first-order valence-electron chi connectivity index (χ1n) is 13.7. The van der Waals surface area contributed by atoms with Crippen LogP contribution in [0.4, 0.5) is 5.69 Å². The second kappa shape index (κ2) is 9.51. The van der Waals surface area contributed by atoms with Gasteiger partial charge < -0.3 is 14.6 Å². The van der Waals surface area contributed by atoms with Crippen LogP contribution in [0.1, 0.15) is 61.0 Å². The number of carbonyl (C=O) groups excluding carboxylic acids is 1. The molecule has 1 heterocycles. The number of anilines is 1. The number of nitrogens with one attached hydrogen (secondary N) is 1. The molecule has 4 saturated carbocycles. The van der Waals surface area contributed by atoms with Crippen LogP contribution < -0.4 is 10.1 Å². The summed E-state index contributed by atoms with van der Waals surface area (Å²) >= 11 is 0. The number of methoxy groups -OCH3 is 1. The molecule has 0 aliphatic heterocycles. The molecular weight excluding hydrogens is 470 g/mol. The molecule has 194 valence electrons. The highest BCUT2D eigenvalue weighted by Crippen LogP contribution is 2.60. The van der Waals surface area contributed by atoms with Crippen molar-refractivity contribution in [3.8, 4) is 17.5 Å². The zero-order valence-electron chi connectivity index (χ0n) is 22.5. The van der Waals surface area contributed by atoms with E-state index in [1.807, 2.05) is 13.0 Å². The van der Waals surface area contributed by atoms with Crippen molar-refractivity contribution in [3.05, 3.63) is 82.7 Å². The van der Waals surface area contributed by atoms with Crippen molar-refractivity contribution < 1.29 is 9.53 Å². The van der Waals surface area contributed by atoms with Gasteiger partial charge in [0.2, 0.25) is 0 Å². The molecule has 0 atom stereocenters. The van der Waals surface area contributed by atoms with Crippen LogP contribution in [-0.2, 0) is 10.2 Å². The molecule has 4 aliphatic carbocycles. The molecule has 1 aromatic heterocycles. The normalized spacial score (nSPS) is 25.7. The Morgan fingerprint density at radius 2 is 1.68 bits per heavy atom. The average Bonchev–Trinajstić information content (AvgIpc) is 3.18. The molecule has 38 heavy (non-hydrogen) atoms. The Balaban J connectivity index is 1.24. The van der Waals surface area contributed by atoms with Gasteiger partial charge >= 0.3 is 0 Å². The molecule has 4 aliphatic rings. The summed E-state index contributed by atoms with van der Waals surface area (Å²) in [5, 5.41) is 12.6. The Bertz CT molecular complexity index is 1420. The molecule has 0 spiro atoms. The summed E-state index contributed by atoms with van der Waals surface area (Å²) in [4.78, 5) is 12.9. The van der Waals surface area contributed by atoms with E-state index in [4.69, 9.17) is 4.74 Å². The molecule has 3 aromatic rings. The van der Waals surface area contributed by atoms with Crippen molar-refractivity contribution in [1.82, 2.24) is 4.57 Å². The van der Waals surface area contributed by atoms with Gasteiger partial charge in [0.1, 0.15) is 17.4 Å². The van der Waals surface area contributed by atoms with Crippen LogP contribution in [0.3, 0.4) is 0 Å². The Morgan fingerprint density at radius 1 is 1.03 bits per heavy atom. The zero-order valence-corrected chi connectivity index (χ0v) is 22.5. The lowest BCUT2D eigenvalue weighted by atomic mass is 9.48. The van der Waals surface area contributed by atoms with Crippen LogP contribution in [0, 0.1) is 42.9 Å². The molecular formula is C33H35N3O2. The SMILES string of the molecule is COc1cccc(NC(=O)/C(C#N)=C\c2cc(C)n(-c3ccc(C45CC6CC(CC(C6)C4)C5)cc3)c2C)c1. The fourth-order valence-electron chi connectivity index (χ4n) is 7.96. The maximum absolute atomic E-state index is 12.9. The van der Waals surface area contributed by atoms with Gasteiger partial charge in [0.25, 0.3) is 5.91 Å². The number of nitriles is 1. The van der Waals surface area contributed by atoms with Crippen molar-refractivity contribution in [2.24, 2.45) is 17.8 Å². The smallest absolute Gasteiger partial charge is 0.266 e. The Hall–Kier alpha value is -3.78. The van der Waals surface area contributed by atoms with E-state index in [0.717, 1.165) is 40.4 Å². The standard InChI is InChI=1S/C33H35N3O2/c1-21-11-26(15-27(20-34)32(37)35-29-5-4-6-31(16-29)38-3)22(2)36(21)30-9-7-28(8-10-30)33-17-23-12-24(18-33)14-25(13-23)19-33/h4-11,15-16,23-25H,12-14,17-19H2,1-3H3,(H,35,37)/b27-15-. The monoisotopic (exact) mass is 505 g/mol. The van der Waals surface area contributed by atoms with E-state index in [0.29, 0.717) is 16.9 Å². The molecule has 4 fully saturated rings. The Labute approximate surface area is 225 Å². The highest BCUT2D eigenvalue weighted by atomic mass is 16.5. The van der Waals surface area contributed by atoms with Gasteiger partial charge in [0.15, 0.2) is 0 Å². The third-order valence-electron chi connectivity index (χ3n) is 9.24. The Kier molecular flexibility index (Phi) is 6.14. The van der Waals surface area contributed by atoms with Gasteiger partial charge in [-0.25, -0.2) is 0 Å². The number of hydrogen-bond acceptors (Lipinski definition) is 3. The van der Waals surface area contributed by atoms with Crippen LogP contribution in [0.5, 0.6) is 5.75 Å². The van der Waals surface area contributed by atoms with Gasteiger partial charge in [-0.15, -0.1) is 0 Å². The number of ether oxygens (including phenoxy) is 1. The van der Waals surface area contributed by atoms with E-state index in [-0.39, 0.29) is 5.57 Å². The van der Waals surface area contributed by atoms with Gasteiger partial charge in [-0.3, -0.25) is 4.79 Å². The number of hydrogen-bond donors (Lipinski definition) is 1. The van der Waals surface area contributed by atoms with Crippen molar-refractivity contribution in [2.75, 3.05) is 12.4 Å². The van der Waals surface area contributed by atoms with E-state index in [2.05, 4.69) is 47.1 Å². The number of amides is 1. The minimum absolute atomic E-state index is 0.0604. The summed E-state index contributed by atoms with van der Waals surface area (Å²) < 4.78 is 7.44. The van der Waals surface area contributed by atoms with Crippen LogP contribution in [0.15, 0.2) is 60.2 Å². The second-order valence-electron chi connectivity index (χ2n) is 11.8. The molecule has 7 rings (SSSR count). The van der Waals surface area contributed by atoms with Crippen LogP contribution in [0.2, 0.25) is 0 Å². The molecule has 5 heteroatoms. The van der Waals surface area contributed by atoms with E-state index in [1.54, 1.807) is 37.5 Å². The number of benzene rings is 2. The molecule has 1 N–H and O–H groups in total. The number of aromatic nitrogens is 1. The average molecular weight is 506 g/mol. The summed E-state index contributed by atoms with van der Waals surface area (Å²) in [5.41, 5.74) is 6.61. The molecule has 5 nitrogen and oxygen atoms in total. The van der Waals surface area contributed by atoms with E-state index in [9.17, 15) is 10.1 Å². The number of aryl methyl sites for hydroxylation is 1. The zero-order chi connectivity index (χ0) is 26.4. The Morgan fingerprint density at radius 3 is 2.29 bits per heavy atom. The minimum Gasteiger partial charge on any atom is -0.497 e. The number of rotatable bonds is 6. The van der Waals surface area contributed by atoms with Crippen molar-refractivity contribution >= 4 is 17.7 Å². The summed E-state index contributed by atoms with van der Waals surface area (Å²) in [7, 11) is 1.58. The fourth-order valence-corrected chi connectivity index (χ4v) is 7.96. The summed E-state index contributed by atoms with van der Waals surface area (Å²) in [6.07, 6.45) is 10.1. The van der Waals surface area contributed by atoms with Gasteiger partial charge in [-0.1, -0.05) is 18.2 Å². The molecule has 0 unspecified atom stereocenters. The lowest BCUT2D eigenvalue weighted by molar-refractivity contribution is -0.112. The fraction of sp³-hybridized carbons (Fsp3) is 0.394. The first-order valence-corrected chi connectivity index (χ1v) is 13.7.